The molecule has 4 heteroatoms. The Morgan fingerprint density at radius 1 is 0.913 bits per heavy atom. The van der Waals surface area contributed by atoms with Crippen LogP contribution in [0.5, 0.6) is 0 Å². The summed E-state index contributed by atoms with van der Waals surface area (Å²) < 4.78 is 14.2. The first-order valence-electron chi connectivity index (χ1n) is 9.79. The van der Waals surface area contributed by atoms with Crippen molar-refractivity contribution in [2.24, 2.45) is 5.92 Å². The predicted molar refractivity (Wildman–Crippen MR) is 108 cm³/mol. The summed E-state index contributed by atoms with van der Waals surface area (Å²) in [6, 6.07) is 0. The van der Waals surface area contributed by atoms with Crippen LogP contribution in [0.15, 0.2) is 0 Å². The molecule has 0 aromatic rings. The Morgan fingerprint density at radius 2 is 1.48 bits per heavy atom. The minimum Gasteiger partial charge on any atom is -0.403 e. The molecule has 1 aliphatic carbocycles. The quantitative estimate of drug-likeness (QED) is 0.190. The third-order valence-corrected chi connectivity index (χ3v) is 7.06. The number of halogens is 1. The minimum atomic E-state index is -0.189. The molecule has 1 unspecified atom stereocenters. The van der Waals surface area contributed by atoms with Gasteiger partial charge in [-0.1, -0.05) is 80.4 Å². The van der Waals surface area contributed by atoms with Crippen LogP contribution in [0.4, 0.5) is 0 Å². The second-order valence-electron chi connectivity index (χ2n) is 8.58. The van der Waals surface area contributed by atoms with Crippen molar-refractivity contribution in [3.8, 4) is 0 Å². The van der Waals surface area contributed by atoms with E-state index in [1.165, 1.54) is 68.6 Å². The zero-order valence-corrected chi connectivity index (χ0v) is 17.9. The summed E-state index contributed by atoms with van der Waals surface area (Å²) in [5, 5.41) is 0. The maximum Gasteiger partial charge on any atom is 0.461 e. The van der Waals surface area contributed by atoms with Gasteiger partial charge in [-0.05, 0) is 50.3 Å². The molecular formula is C19H36BIO2. The van der Waals surface area contributed by atoms with Crippen LogP contribution in [-0.4, -0.2) is 22.7 Å². The van der Waals surface area contributed by atoms with Gasteiger partial charge in [-0.25, -0.2) is 0 Å². The lowest BCUT2D eigenvalue weighted by molar-refractivity contribution is 0.00578. The van der Waals surface area contributed by atoms with Crippen molar-refractivity contribution in [1.82, 2.24) is 0 Å². The van der Waals surface area contributed by atoms with E-state index in [0.717, 1.165) is 5.92 Å². The molecular weight excluding hydrogens is 398 g/mol. The Morgan fingerprint density at radius 3 is 2.04 bits per heavy atom. The summed E-state index contributed by atoms with van der Waals surface area (Å²) in [5.41, 5.74) is -0.377. The zero-order chi connectivity index (χ0) is 16.9. The SMILES string of the molecule is CC1(C)OB(C(CCCCCCI)C2CCCCC2)OC1(C)C. The molecule has 0 bridgehead atoms. The molecule has 0 aromatic carbocycles. The number of unbranched alkanes of at least 4 members (excludes halogenated alkanes) is 3. The van der Waals surface area contributed by atoms with Crippen LogP contribution in [0.2, 0.25) is 5.82 Å². The Balaban J connectivity index is 1.96. The predicted octanol–water partition coefficient (Wildman–Crippen LogP) is 6.41. The molecule has 1 heterocycles. The van der Waals surface area contributed by atoms with Gasteiger partial charge in [0.1, 0.15) is 0 Å². The largest absolute Gasteiger partial charge is 0.461 e. The van der Waals surface area contributed by atoms with Crippen LogP contribution in [-0.2, 0) is 9.31 Å². The first-order valence-corrected chi connectivity index (χ1v) is 11.3. The summed E-state index contributed by atoms with van der Waals surface area (Å²) >= 11 is 2.49. The first-order chi connectivity index (χ1) is 10.9. The molecule has 0 amide bonds. The molecule has 0 spiro atoms. The molecule has 0 radical (unpaired) electrons. The van der Waals surface area contributed by atoms with Crippen molar-refractivity contribution >= 4 is 29.7 Å². The molecule has 1 aliphatic heterocycles. The minimum absolute atomic E-state index is 0.00711. The van der Waals surface area contributed by atoms with Gasteiger partial charge in [0.25, 0.3) is 0 Å². The highest BCUT2D eigenvalue weighted by Crippen LogP contribution is 2.46. The highest BCUT2D eigenvalue weighted by molar-refractivity contribution is 14.1. The summed E-state index contributed by atoms with van der Waals surface area (Å²) in [6.45, 7) is 8.74. The van der Waals surface area contributed by atoms with E-state index in [1.807, 2.05) is 0 Å². The fourth-order valence-corrected chi connectivity index (χ4v) is 4.59. The molecule has 1 saturated heterocycles. The Labute approximate surface area is 158 Å². The van der Waals surface area contributed by atoms with Crippen LogP contribution >= 0.6 is 22.6 Å². The molecule has 2 nitrogen and oxygen atoms in total. The van der Waals surface area contributed by atoms with Gasteiger partial charge in [0, 0.05) is 0 Å². The number of rotatable bonds is 8. The van der Waals surface area contributed by atoms with Crippen LogP contribution in [0.25, 0.3) is 0 Å². The molecule has 0 aromatic heterocycles. The van der Waals surface area contributed by atoms with Gasteiger partial charge in [-0.2, -0.15) is 0 Å². The van der Waals surface area contributed by atoms with E-state index in [1.54, 1.807) is 0 Å². The summed E-state index contributed by atoms with van der Waals surface area (Å²) in [7, 11) is 0.00711. The van der Waals surface area contributed by atoms with Crippen LogP contribution in [0.3, 0.4) is 0 Å². The summed E-state index contributed by atoms with van der Waals surface area (Å²) in [6.07, 6.45) is 13.7. The lowest BCUT2D eigenvalue weighted by Crippen LogP contribution is -2.41. The third kappa shape index (κ3) is 5.34. The fraction of sp³-hybridized carbons (Fsp3) is 1.00. The van der Waals surface area contributed by atoms with Crippen LogP contribution < -0.4 is 0 Å². The average molecular weight is 434 g/mol. The van der Waals surface area contributed by atoms with Gasteiger partial charge in [0.05, 0.1) is 11.2 Å². The van der Waals surface area contributed by atoms with Gasteiger partial charge in [0.15, 0.2) is 0 Å². The van der Waals surface area contributed by atoms with E-state index in [4.69, 9.17) is 9.31 Å². The van der Waals surface area contributed by atoms with Crippen LogP contribution in [0, 0.1) is 5.92 Å². The number of hydrogen-bond acceptors (Lipinski definition) is 2. The van der Waals surface area contributed by atoms with Gasteiger partial charge >= 0.3 is 7.12 Å². The highest BCUT2D eigenvalue weighted by Gasteiger charge is 2.54. The number of hydrogen-bond donors (Lipinski definition) is 0. The highest BCUT2D eigenvalue weighted by atomic mass is 127. The maximum absolute atomic E-state index is 6.43. The monoisotopic (exact) mass is 434 g/mol. The topological polar surface area (TPSA) is 18.5 Å². The van der Waals surface area contributed by atoms with E-state index in [9.17, 15) is 0 Å². The summed E-state index contributed by atoms with van der Waals surface area (Å²) in [4.78, 5) is 0. The molecule has 2 fully saturated rings. The van der Waals surface area contributed by atoms with Gasteiger partial charge in [0.2, 0.25) is 0 Å². The Hall–Kier alpha value is 0.715. The lowest BCUT2D eigenvalue weighted by atomic mass is 9.59. The van der Waals surface area contributed by atoms with Crippen molar-refractivity contribution in [3.63, 3.8) is 0 Å². The average Bonchev–Trinajstić information content (AvgIpc) is 2.72. The number of alkyl halides is 1. The standard InChI is InChI=1S/C19H36BIO2/c1-18(2)19(3,4)23-20(22-18)17(14-10-5-6-11-15-21)16-12-8-7-9-13-16/h16-17H,5-15H2,1-4H3. The normalized spacial score (nSPS) is 25.7. The van der Waals surface area contributed by atoms with Gasteiger partial charge < -0.3 is 9.31 Å². The summed E-state index contributed by atoms with van der Waals surface area (Å²) in [5.74, 6) is 1.40. The van der Waals surface area contributed by atoms with Gasteiger partial charge in [-0.15, -0.1) is 0 Å². The van der Waals surface area contributed by atoms with E-state index in [2.05, 4.69) is 50.3 Å². The van der Waals surface area contributed by atoms with E-state index < -0.39 is 0 Å². The zero-order valence-electron chi connectivity index (χ0n) is 15.7. The molecule has 2 rings (SSSR count). The van der Waals surface area contributed by atoms with E-state index >= 15 is 0 Å². The van der Waals surface area contributed by atoms with Crippen molar-refractivity contribution in [2.75, 3.05) is 4.43 Å². The fourth-order valence-electron chi connectivity index (χ4n) is 4.05. The first kappa shape index (κ1) is 20.0. The van der Waals surface area contributed by atoms with E-state index in [-0.39, 0.29) is 18.3 Å². The molecule has 0 N–H and O–H groups in total. The third-order valence-electron chi connectivity index (χ3n) is 6.30. The Bertz CT molecular complexity index is 337. The van der Waals surface area contributed by atoms with Crippen molar-refractivity contribution in [3.05, 3.63) is 0 Å². The van der Waals surface area contributed by atoms with Crippen molar-refractivity contribution in [2.45, 2.75) is 109 Å². The molecule has 1 saturated carbocycles. The van der Waals surface area contributed by atoms with Crippen molar-refractivity contribution in [1.29, 1.82) is 0 Å². The Kier molecular flexibility index (Phi) is 7.74. The second-order valence-corrected chi connectivity index (χ2v) is 9.66. The maximum atomic E-state index is 6.43. The van der Waals surface area contributed by atoms with Crippen molar-refractivity contribution < 1.29 is 9.31 Å². The molecule has 2 aliphatic rings. The molecule has 134 valence electrons. The van der Waals surface area contributed by atoms with Gasteiger partial charge in [-0.3, -0.25) is 0 Å². The molecule has 23 heavy (non-hydrogen) atoms. The van der Waals surface area contributed by atoms with E-state index in [0.29, 0.717) is 5.82 Å². The smallest absolute Gasteiger partial charge is 0.403 e. The lowest BCUT2D eigenvalue weighted by Gasteiger charge is -2.32. The second kappa shape index (κ2) is 8.89. The van der Waals surface area contributed by atoms with Crippen LogP contribution in [0.1, 0.15) is 91.9 Å². The molecule has 1 atom stereocenters.